The number of rotatable bonds is 14. The van der Waals surface area contributed by atoms with Gasteiger partial charge in [0.25, 0.3) is 0 Å². The third-order valence-electron chi connectivity index (χ3n) is 7.63. The Balaban J connectivity index is 1.83. The van der Waals surface area contributed by atoms with Crippen molar-refractivity contribution in [1.82, 2.24) is 10.3 Å². The molecular formula is C30H40F3N7O3. The summed E-state index contributed by atoms with van der Waals surface area (Å²) >= 11 is 0. The van der Waals surface area contributed by atoms with Crippen LogP contribution in [0.4, 0.5) is 18.9 Å². The maximum atomic E-state index is 14.0. The molecule has 13 heteroatoms. The van der Waals surface area contributed by atoms with Crippen LogP contribution in [0, 0.1) is 0 Å². The molecule has 0 aliphatic rings. The molecule has 2 aromatic carbocycles. The van der Waals surface area contributed by atoms with Crippen LogP contribution in [-0.2, 0) is 21.4 Å². The molecule has 10 nitrogen and oxygen atoms in total. The molecule has 0 radical (unpaired) electrons. The van der Waals surface area contributed by atoms with Crippen LogP contribution in [0.1, 0.15) is 30.9 Å². The number of hydrogen-bond donors (Lipinski definition) is 5. The van der Waals surface area contributed by atoms with Crippen molar-refractivity contribution in [3.05, 3.63) is 71.9 Å². The number of quaternary nitrogens is 1. The van der Waals surface area contributed by atoms with Gasteiger partial charge in [0.2, 0.25) is 11.8 Å². The molecule has 1 aromatic heterocycles. The number of amides is 2. The number of anilines is 1. The van der Waals surface area contributed by atoms with Crippen molar-refractivity contribution in [3.63, 3.8) is 0 Å². The van der Waals surface area contributed by atoms with Gasteiger partial charge >= 0.3 is 6.18 Å². The molecule has 234 valence electrons. The highest BCUT2D eigenvalue weighted by atomic mass is 19.4. The minimum absolute atomic E-state index is 0.122. The average molecular weight is 604 g/mol. The lowest BCUT2D eigenvalue weighted by Crippen LogP contribution is -2.63. The Morgan fingerprint density at radius 2 is 1.58 bits per heavy atom. The van der Waals surface area contributed by atoms with E-state index >= 15 is 0 Å². The summed E-state index contributed by atoms with van der Waals surface area (Å²) in [6.45, 7) is 4.14. The molecule has 0 saturated carbocycles. The van der Waals surface area contributed by atoms with E-state index in [1.165, 1.54) is 6.20 Å². The van der Waals surface area contributed by atoms with E-state index in [0.29, 0.717) is 49.1 Å². The zero-order valence-electron chi connectivity index (χ0n) is 24.4. The first-order valence-corrected chi connectivity index (χ1v) is 14.0. The number of pyridine rings is 1. The number of hydrogen-bond acceptors (Lipinski definition) is 7. The Kier molecular flexibility index (Phi) is 11.2. The first-order valence-electron chi connectivity index (χ1n) is 14.0. The van der Waals surface area contributed by atoms with E-state index in [0.717, 1.165) is 36.6 Å². The first-order chi connectivity index (χ1) is 20.2. The maximum absolute atomic E-state index is 14.0. The zero-order valence-corrected chi connectivity index (χ0v) is 24.4. The van der Waals surface area contributed by atoms with Gasteiger partial charge in [0, 0.05) is 18.5 Å². The monoisotopic (exact) mass is 603 g/mol. The number of nitrogens with two attached hydrogens (primary N) is 3. The van der Waals surface area contributed by atoms with Crippen LogP contribution >= 0.6 is 0 Å². The number of carbonyl (C=O) groups is 2. The molecule has 3 rings (SSSR count). The fraction of sp³-hybridized carbons (Fsp3) is 0.433. The fourth-order valence-electron chi connectivity index (χ4n) is 5.00. The molecule has 1 heterocycles. The van der Waals surface area contributed by atoms with E-state index < -0.39 is 41.2 Å². The van der Waals surface area contributed by atoms with Gasteiger partial charge in [-0.2, -0.15) is 13.2 Å². The molecule has 2 amide bonds. The molecule has 0 saturated heterocycles. The third-order valence-corrected chi connectivity index (χ3v) is 7.63. The molecule has 0 aliphatic heterocycles. The lowest BCUT2D eigenvalue weighted by molar-refractivity contribution is -0.907. The van der Waals surface area contributed by atoms with Gasteiger partial charge in [0.1, 0.15) is 6.04 Å². The Bertz CT molecular complexity index is 1380. The molecule has 0 bridgehead atoms. The number of para-hydroxylation sites is 1. The van der Waals surface area contributed by atoms with Crippen molar-refractivity contribution in [2.45, 2.75) is 43.6 Å². The second-order valence-corrected chi connectivity index (χ2v) is 11.1. The lowest BCUT2D eigenvalue weighted by Gasteiger charge is -2.44. The number of halogens is 3. The number of nitrogens with one attached hydrogen (secondary N) is 2. The highest BCUT2D eigenvalue weighted by molar-refractivity contribution is 5.99. The number of aromatic nitrogens is 1. The Labute approximate surface area is 249 Å². The molecule has 3 aromatic rings. The fourth-order valence-corrected chi connectivity index (χ4v) is 5.00. The largest absolute Gasteiger partial charge is 0.844 e. The summed E-state index contributed by atoms with van der Waals surface area (Å²) in [5.41, 5.74) is 15.2. The SMILES string of the molecule is C[C@@]([O-])(c1ccc(C(F)(F)F)cc1)[C@H](NC(=O)[C@@H](N)CCC[N+](C)(CCN)CCN)C(=O)Nc1cnc2ccccc2c1. The maximum Gasteiger partial charge on any atom is 0.416 e. The van der Waals surface area contributed by atoms with E-state index in [1.807, 2.05) is 13.1 Å². The van der Waals surface area contributed by atoms with Crippen LogP contribution < -0.4 is 32.9 Å². The Morgan fingerprint density at radius 1 is 0.977 bits per heavy atom. The molecule has 0 spiro atoms. The molecule has 8 N–H and O–H groups in total. The number of nitrogens with zero attached hydrogens (tertiary/aromatic N) is 2. The Hall–Kier alpha value is -3.62. The van der Waals surface area contributed by atoms with Gasteiger partial charge in [-0.05, 0) is 37.1 Å². The van der Waals surface area contributed by atoms with E-state index in [1.54, 1.807) is 24.3 Å². The average Bonchev–Trinajstić information content (AvgIpc) is 2.95. The van der Waals surface area contributed by atoms with Crippen LogP contribution in [0.15, 0.2) is 60.8 Å². The third kappa shape index (κ3) is 8.94. The van der Waals surface area contributed by atoms with Crippen LogP contribution in [0.3, 0.4) is 0 Å². The minimum atomic E-state index is -4.61. The summed E-state index contributed by atoms with van der Waals surface area (Å²) in [5, 5.41) is 19.8. The van der Waals surface area contributed by atoms with Crippen LogP contribution in [0.5, 0.6) is 0 Å². The Morgan fingerprint density at radius 3 is 2.19 bits per heavy atom. The normalized spacial score (nSPS) is 15.0. The number of benzene rings is 2. The van der Waals surface area contributed by atoms with Gasteiger partial charge in [-0.15, -0.1) is 0 Å². The van der Waals surface area contributed by atoms with Crippen molar-refractivity contribution in [3.8, 4) is 0 Å². The van der Waals surface area contributed by atoms with Gasteiger partial charge in [-0.25, -0.2) is 0 Å². The quantitative estimate of drug-likeness (QED) is 0.173. The van der Waals surface area contributed by atoms with Crippen molar-refractivity contribution in [1.29, 1.82) is 0 Å². The summed E-state index contributed by atoms with van der Waals surface area (Å²) in [6.07, 6.45) is -2.39. The van der Waals surface area contributed by atoms with E-state index in [4.69, 9.17) is 17.2 Å². The predicted molar refractivity (Wildman–Crippen MR) is 157 cm³/mol. The molecule has 3 atom stereocenters. The number of fused-ring (bicyclic) bond motifs is 1. The van der Waals surface area contributed by atoms with Crippen molar-refractivity contribution < 1.29 is 32.3 Å². The molecule has 0 aliphatic carbocycles. The summed E-state index contributed by atoms with van der Waals surface area (Å²) in [6, 6.07) is 9.61. The highest BCUT2D eigenvalue weighted by Gasteiger charge is 2.36. The summed E-state index contributed by atoms with van der Waals surface area (Å²) in [4.78, 5) is 31.0. The summed E-state index contributed by atoms with van der Waals surface area (Å²) < 4.78 is 40.0. The van der Waals surface area contributed by atoms with Crippen LogP contribution in [0.2, 0.25) is 0 Å². The van der Waals surface area contributed by atoms with Gasteiger partial charge in [-0.1, -0.05) is 48.4 Å². The molecule has 0 fully saturated rings. The second-order valence-electron chi connectivity index (χ2n) is 11.1. The lowest BCUT2D eigenvalue weighted by atomic mass is 9.86. The summed E-state index contributed by atoms with van der Waals surface area (Å²) in [5.74, 6) is -1.61. The standard InChI is InChI=1S/C30H40F3N7O3/c1-29(43,21-9-11-22(12-10-21)30(31,32)33)26(28(42)38-23-18-20-6-3-4-8-25(20)37-19-23)39-27(41)24(36)7-5-15-40(2,16-13-34)17-14-35/h3-4,6,8-12,18-19,24,26H,5,7,13-17,34-36H2,1-2H3,(H,38,42)(H,39,41)/t24-,26+,29+/m0/s1. The van der Waals surface area contributed by atoms with Crippen molar-refractivity contribution in [2.24, 2.45) is 17.2 Å². The summed E-state index contributed by atoms with van der Waals surface area (Å²) in [7, 11) is 2.01. The van der Waals surface area contributed by atoms with Gasteiger partial charge in [0.05, 0.1) is 55.7 Å². The van der Waals surface area contributed by atoms with Crippen molar-refractivity contribution >= 4 is 28.4 Å². The number of carbonyl (C=O) groups excluding carboxylic acids is 2. The topological polar surface area (TPSA) is 172 Å². The van der Waals surface area contributed by atoms with E-state index in [-0.39, 0.29) is 17.7 Å². The minimum Gasteiger partial charge on any atom is -0.844 e. The van der Waals surface area contributed by atoms with Crippen molar-refractivity contribution in [2.75, 3.05) is 45.1 Å². The molecular weight excluding hydrogens is 563 g/mol. The van der Waals surface area contributed by atoms with Crippen LogP contribution in [-0.4, -0.2) is 73.1 Å². The first kappa shape index (κ1) is 33.9. The predicted octanol–water partition coefficient (Wildman–Crippen LogP) is 1.42. The smallest absolute Gasteiger partial charge is 0.416 e. The molecule has 0 unspecified atom stereocenters. The van der Waals surface area contributed by atoms with Gasteiger partial charge in [-0.3, -0.25) is 14.6 Å². The number of alkyl halides is 3. The number of likely N-dealkylation sites (N-methyl/N-ethyl adjacent to an activating group) is 1. The van der Waals surface area contributed by atoms with Gasteiger partial charge < -0.3 is 37.4 Å². The second kappa shape index (κ2) is 14.2. The molecule has 43 heavy (non-hydrogen) atoms. The van der Waals surface area contributed by atoms with Gasteiger partial charge in [0.15, 0.2) is 0 Å². The highest BCUT2D eigenvalue weighted by Crippen LogP contribution is 2.31. The zero-order chi connectivity index (χ0) is 31.8. The van der Waals surface area contributed by atoms with Crippen LogP contribution in [0.25, 0.3) is 10.9 Å². The van der Waals surface area contributed by atoms with E-state index in [9.17, 15) is 27.9 Å². The van der Waals surface area contributed by atoms with E-state index in [2.05, 4.69) is 15.6 Å².